The summed E-state index contributed by atoms with van der Waals surface area (Å²) in [5, 5.41) is 0. The summed E-state index contributed by atoms with van der Waals surface area (Å²) in [7, 11) is -8.25. The first kappa shape index (κ1) is 37.1. The van der Waals surface area contributed by atoms with Crippen molar-refractivity contribution in [3.05, 3.63) is 59.7 Å². The van der Waals surface area contributed by atoms with Crippen molar-refractivity contribution < 1.29 is 31.0 Å². The minimum atomic E-state index is -4.12. The van der Waals surface area contributed by atoms with Crippen molar-refractivity contribution in [3.8, 4) is 0 Å². The van der Waals surface area contributed by atoms with Gasteiger partial charge in [0, 0.05) is 24.2 Å². The van der Waals surface area contributed by atoms with Crippen LogP contribution in [0.2, 0.25) is 0 Å². The Morgan fingerprint density at radius 2 is 1.02 bits per heavy atom. The van der Waals surface area contributed by atoms with Crippen LogP contribution in [0.1, 0.15) is 64.5 Å². The van der Waals surface area contributed by atoms with Crippen molar-refractivity contribution in [2.45, 2.75) is 83.3 Å². The van der Waals surface area contributed by atoms with Crippen LogP contribution in [0.3, 0.4) is 0 Å². The third-order valence-corrected chi connectivity index (χ3v) is 14.2. The number of rotatable bonds is 18. The molecule has 2 aliphatic rings. The predicted octanol–water partition coefficient (Wildman–Crippen LogP) is 6.74. The summed E-state index contributed by atoms with van der Waals surface area (Å²) in [4.78, 5) is 0.0649. The lowest BCUT2D eigenvalue weighted by Crippen LogP contribution is -2.45. The molecule has 0 aliphatic carbocycles. The van der Waals surface area contributed by atoms with Gasteiger partial charge in [-0.25, -0.2) is 16.8 Å². The lowest BCUT2D eigenvalue weighted by atomic mass is 9.99. The molecule has 2 fully saturated rings. The second kappa shape index (κ2) is 14.0. The third kappa shape index (κ3) is 7.49. The lowest BCUT2D eigenvalue weighted by Gasteiger charge is -2.33. The number of alkyl halides is 4. The minimum Gasteiger partial charge on any atom is -0.375 e. The molecular weight excluding hydrogens is 706 g/mol. The average Bonchev–Trinajstić information content (AvgIpc) is 3.96. The normalized spacial score (nSPS) is 22.3. The molecule has 2 heterocycles. The number of halogens is 4. The second-order valence-corrected chi connectivity index (χ2v) is 17.8. The zero-order valence-electron chi connectivity index (χ0n) is 25.8. The molecule has 2 aromatic carbocycles. The summed E-state index contributed by atoms with van der Waals surface area (Å²) in [6.45, 7) is 7.84. The van der Waals surface area contributed by atoms with Gasteiger partial charge in [0.25, 0.3) is 0 Å². The fourth-order valence-corrected chi connectivity index (χ4v) is 10.5. The molecule has 252 valence electrons. The standard InChI is InChI=1S/C30H40Cl4N2O7S2/c1-5-17-35(29(31,32)7-3)44(37,38)25-15-11-9-13-23(25)27(21-42-27)19-41-20-28(22-43-28)24-14-10-12-16-26(24)45(39,40)36(18-6-2)30(33,34)8-4/h9-16H,5-8,17-22H2,1-4H3. The molecule has 2 atom stereocenters. The Bertz CT molecular complexity index is 1450. The number of ether oxygens (including phenoxy) is 3. The van der Waals surface area contributed by atoms with E-state index < -0.39 is 40.2 Å². The van der Waals surface area contributed by atoms with Crippen LogP contribution in [0.4, 0.5) is 0 Å². The van der Waals surface area contributed by atoms with Gasteiger partial charge in [-0.3, -0.25) is 0 Å². The molecule has 0 aromatic heterocycles. The van der Waals surface area contributed by atoms with Crippen LogP contribution >= 0.6 is 46.4 Å². The van der Waals surface area contributed by atoms with Crippen molar-refractivity contribution >= 4 is 66.5 Å². The Morgan fingerprint density at radius 1 is 0.689 bits per heavy atom. The highest BCUT2D eigenvalue weighted by atomic mass is 35.5. The molecule has 2 aromatic rings. The maximum Gasteiger partial charge on any atom is 0.245 e. The number of hydrogen-bond donors (Lipinski definition) is 0. The van der Waals surface area contributed by atoms with Gasteiger partial charge in [0.1, 0.15) is 11.2 Å². The molecule has 0 N–H and O–H groups in total. The first-order valence-corrected chi connectivity index (χ1v) is 19.3. The molecule has 15 heteroatoms. The van der Waals surface area contributed by atoms with Crippen LogP contribution in [0.25, 0.3) is 0 Å². The Balaban J connectivity index is 1.60. The molecular formula is C30H40Cl4N2O7S2. The molecule has 0 bridgehead atoms. The van der Waals surface area contributed by atoms with E-state index in [2.05, 4.69) is 0 Å². The maximum atomic E-state index is 13.9. The van der Waals surface area contributed by atoms with Crippen LogP contribution in [0.5, 0.6) is 0 Å². The average molecular weight is 747 g/mol. The summed E-state index contributed by atoms with van der Waals surface area (Å²) in [5.41, 5.74) is -1.22. The smallest absolute Gasteiger partial charge is 0.245 e. The quantitative estimate of drug-likeness (QED) is 0.0945. The molecule has 2 saturated heterocycles. The number of epoxide rings is 2. The molecule has 9 nitrogen and oxygen atoms in total. The summed E-state index contributed by atoms with van der Waals surface area (Å²) < 4.78 is 72.6. The van der Waals surface area contributed by atoms with Crippen molar-refractivity contribution in [2.24, 2.45) is 0 Å². The lowest BCUT2D eigenvalue weighted by molar-refractivity contribution is 0.0388. The fraction of sp³-hybridized carbons (Fsp3) is 0.600. The molecule has 2 aliphatic heterocycles. The zero-order chi connectivity index (χ0) is 33.3. The third-order valence-electron chi connectivity index (χ3n) is 7.98. The second-order valence-electron chi connectivity index (χ2n) is 11.2. The maximum absolute atomic E-state index is 13.9. The van der Waals surface area contributed by atoms with Gasteiger partial charge in [0.05, 0.1) is 36.2 Å². The number of hydrogen-bond acceptors (Lipinski definition) is 7. The molecule has 45 heavy (non-hydrogen) atoms. The van der Waals surface area contributed by atoms with Crippen LogP contribution < -0.4 is 0 Å². The van der Waals surface area contributed by atoms with Crippen LogP contribution in [-0.4, -0.2) is 73.9 Å². The van der Waals surface area contributed by atoms with Crippen LogP contribution in [0.15, 0.2) is 58.3 Å². The highest BCUT2D eigenvalue weighted by Gasteiger charge is 2.54. The molecule has 0 amide bonds. The highest BCUT2D eigenvalue weighted by molar-refractivity contribution is 7.89. The Kier molecular flexibility index (Phi) is 11.6. The number of sulfonamides is 2. The van der Waals surface area contributed by atoms with E-state index in [1.807, 2.05) is 13.8 Å². The Labute approximate surface area is 287 Å². The van der Waals surface area contributed by atoms with E-state index in [1.54, 1.807) is 50.2 Å². The van der Waals surface area contributed by atoms with Crippen molar-refractivity contribution in [1.29, 1.82) is 0 Å². The monoisotopic (exact) mass is 744 g/mol. The van der Waals surface area contributed by atoms with Crippen molar-refractivity contribution in [1.82, 2.24) is 8.61 Å². The first-order valence-electron chi connectivity index (χ1n) is 14.9. The van der Waals surface area contributed by atoms with Gasteiger partial charge >= 0.3 is 0 Å². The number of benzene rings is 2. The Morgan fingerprint density at radius 3 is 1.31 bits per heavy atom. The minimum absolute atomic E-state index is 0.00171. The Hall–Kier alpha value is -0.700. The molecule has 0 radical (unpaired) electrons. The van der Waals surface area contributed by atoms with E-state index in [-0.39, 0.29) is 62.1 Å². The summed E-state index contributed by atoms with van der Waals surface area (Å²) in [5.74, 6) is 0. The highest BCUT2D eigenvalue weighted by Crippen LogP contribution is 2.47. The first-order chi connectivity index (χ1) is 21.1. The molecule has 2 unspecified atom stereocenters. The van der Waals surface area contributed by atoms with Gasteiger partial charge in [-0.15, -0.1) is 0 Å². The molecule has 0 saturated carbocycles. The van der Waals surface area contributed by atoms with E-state index in [0.717, 1.165) is 8.61 Å². The van der Waals surface area contributed by atoms with Gasteiger partial charge < -0.3 is 14.2 Å². The van der Waals surface area contributed by atoms with Crippen LogP contribution in [-0.2, 0) is 45.5 Å². The molecule has 0 spiro atoms. The summed E-state index contributed by atoms with van der Waals surface area (Å²) in [6, 6.07) is 13.1. The molecule has 4 rings (SSSR count). The number of nitrogens with zero attached hydrogens (tertiary/aromatic N) is 2. The van der Waals surface area contributed by atoms with Crippen molar-refractivity contribution in [3.63, 3.8) is 0 Å². The van der Waals surface area contributed by atoms with E-state index in [9.17, 15) is 16.8 Å². The van der Waals surface area contributed by atoms with Gasteiger partial charge in [-0.1, -0.05) is 110 Å². The largest absolute Gasteiger partial charge is 0.375 e. The van der Waals surface area contributed by atoms with Crippen LogP contribution in [0, 0.1) is 0 Å². The zero-order valence-corrected chi connectivity index (χ0v) is 30.4. The van der Waals surface area contributed by atoms with Gasteiger partial charge in [-0.2, -0.15) is 8.61 Å². The summed E-state index contributed by atoms with van der Waals surface area (Å²) in [6.07, 6.45) is 1.40. The topological polar surface area (TPSA) is 109 Å². The summed E-state index contributed by atoms with van der Waals surface area (Å²) >= 11 is 25.9. The van der Waals surface area contributed by atoms with E-state index in [0.29, 0.717) is 24.0 Å². The van der Waals surface area contributed by atoms with E-state index in [1.165, 1.54) is 12.1 Å². The fourth-order valence-electron chi connectivity index (χ4n) is 5.24. The van der Waals surface area contributed by atoms with Crippen molar-refractivity contribution in [2.75, 3.05) is 39.5 Å². The van der Waals surface area contributed by atoms with Gasteiger partial charge in [0.15, 0.2) is 8.91 Å². The SMILES string of the molecule is CCCN(C(Cl)(Cl)CC)S(=O)(=O)c1ccccc1C1(COCC2(c3ccccc3S(=O)(=O)N(CCC)C(Cl)(Cl)CC)CO2)CO1. The van der Waals surface area contributed by atoms with E-state index in [4.69, 9.17) is 60.6 Å². The van der Waals surface area contributed by atoms with E-state index >= 15 is 0 Å². The van der Waals surface area contributed by atoms with Gasteiger partial charge in [0.2, 0.25) is 20.0 Å². The van der Waals surface area contributed by atoms with Gasteiger partial charge in [-0.05, 0) is 37.8 Å². The predicted molar refractivity (Wildman–Crippen MR) is 177 cm³/mol.